The van der Waals surface area contributed by atoms with Crippen molar-refractivity contribution < 1.29 is 13.6 Å². The van der Waals surface area contributed by atoms with Gasteiger partial charge in [0, 0.05) is 39.6 Å². The fourth-order valence-electron chi connectivity index (χ4n) is 3.49. The van der Waals surface area contributed by atoms with Crippen LogP contribution in [-0.2, 0) is 0 Å². The first kappa shape index (κ1) is 28.5. The average Bonchev–Trinajstić information content (AvgIpc) is 2.80. The van der Waals surface area contributed by atoms with Gasteiger partial charge in [-0.1, -0.05) is 6.07 Å². The van der Waals surface area contributed by atoms with Crippen LogP contribution >= 0.6 is 23.9 Å². The summed E-state index contributed by atoms with van der Waals surface area (Å²) in [6, 6.07) is 13.4. The highest BCUT2D eigenvalue weighted by molar-refractivity contribution is 7.97. The highest BCUT2D eigenvalue weighted by Gasteiger charge is 2.23. The van der Waals surface area contributed by atoms with Gasteiger partial charge in [-0.25, -0.2) is 0 Å². The maximum Gasteiger partial charge on any atom is 0.269 e. The molecule has 2 aromatic carbocycles. The molecule has 0 atom stereocenters. The second kappa shape index (κ2) is 12.0. The van der Waals surface area contributed by atoms with E-state index in [2.05, 4.69) is 56.3 Å². The van der Waals surface area contributed by atoms with Gasteiger partial charge in [0.05, 0.1) is 11.3 Å². The quantitative estimate of drug-likeness (QED) is 0.320. The first-order valence-corrected chi connectivity index (χ1v) is 13.7. The topological polar surface area (TPSA) is 56.4 Å². The minimum absolute atomic E-state index is 0.0466. The number of amides is 1. The van der Waals surface area contributed by atoms with E-state index in [4.69, 9.17) is 0 Å². The molecule has 0 spiro atoms. The molecule has 1 saturated heterocycles. The lowest BCUT2D eigenvalue weighted by molar-refractivity contribution is 0.102. The molecule has 1 aliphatic rings. The lowest BCUT2D eigenvalue weighted by atomic mass is 10.0. The minimum atomic E-state index is -1.58. The number of anilines is 2. The van der Waals surface area contributed by atoms with Crippen molar-refractivity contribution in [3.05, 3.63) is 59.7 Å². The van der Waals surface area contributed by atoms with Gasteiger partial charge in [0.2, 0.25) is 0 Å². The maximum atomic E-state index is 13.4. The molecule has 1 heterocycles. The van der Waals surface area contributed by atoms with Gasteiger partial charge < -0.3 is 10.2 Å². The van der Waals surface area contributed by atoms with E-state index in [0.717, 1.165) is 15.5 Å². The average molecular weight is 535 g/mol. The van der Waals surface area contributed by atoms with Crippen LogP contribution in [0.2, 0.25) is 0 Å². The number of rotatable bonds is 7. The molecule has 1 aliphatic heterocycles. The molecule has 0 bridgehead atoms. The Labute approximate surface area is 222 Å². The van der Waals surface area contributed by atoms with Crippen LogP contribution in [0.15, 0.2) is 63.9 Å². The van der Waals surface area contributed by atoms with Crippen LogP contribution in [0.3, 0.4) is 0 Å². The van der Waals surface area contributed by atoms with Crippen LogP contribution in [0.5, 0.6) is 0 Å². The van der Waals surface area contributed by atoms with Crippen molar-refractivity contribution in [1.82, 2.24) is 9.44 Å². The molecule has 0 radical (unpaired) electrons. The SMILES string of the molecule is CC(C)(C)NSc1cccc(NC(=O)c2ccc(SNC(C)(C)C)cc2N2CCC(=C(F)F)CC2)c1. The molecule has 0 aromatic heterocycles. The molecule has 5 nitrogen and oxygen atoms in total. The van der Waals surface area contributed by atoms with Gasteiger partial charge in [0.25, 0.3) is 12.0 Å². The smallest absolute Gasteiger partial charge is 0.269 e. The minimum Gasteiger partial charge on any atom is -0.370 e. The van der Waals surface area contributed by atoms with Crippen molar-refractivity contribution >= 4 is 41.2 Å². The highest BCUT2D eigenvalue weighted by Crippen LogP contribution is 2.32. The Hall–Kier alpha value is -2.07. The molecule has 0 saturated carbocycles. The number of carbonyl (C=O) groups excluding carboxylic acids is 1. The molecular weight excluding hydrogens is 498 g/mol. The number of nitrogens with zero attached hydrogens (tertiary/aromatic N) is 1. The molecule has 0 aliphatic carbocycles. The van der Waals surface area contributed by atoms with Crippen molar-refractivity contribution in [2.75, 3.05) is 23.3 Å². The summed E-state index contributed by atoms with van der Waals surface area (Å²) in [5, 5.41) is 3.02. The monoisotopic (exact) mass is 534 g/mol. The van der Waals surface area contributed by atoms with Crippen LogP contribution in [0.1, 0.15) is 64.7 Å². The van der Waals surface area contributed by atoms with Gasteiger partial charge in [-0.15, -0.1) is 0 Å². The second-order valence-corrected chi connectivity index (χ2v) is 12.7. The molecule has 2 aromatic rings. The maximum absolute atomic E-state index is 13.4. The van der Waals surface area contributed by atoms with E-state index in [1.807, 2.05) is 47.4 Å². The Bertz CT molecular complexity index is 1100. The number of halogens is 2. The third-order valence-electron chi connectivity index (χ3n) is 5.23. The van der Waals surface area contributed by atoms with E-state index in [-0.39, 0.29) is 22.6 Å². The van der Waals surface area contributed by atoms with E-state index in [0.29, 0.717) is 37.2 Å². The van der Waals surface area contributed by atoms with Crippen LogP contribution < -0.4 is 19.7 Å². The summed E-state index contributed by atoms with van der Waals surface area (Å²) in [6.07, 6.45) is -0.993. The molecular formula is C27H36F2N4OS2. The normalized spacial score (nSPS) is 14.7. The zero-order chi connectivity index (χ0) is 26.5. The second-order valence-electron chi connectivity index (χ2n) is 10.9. The summed E-state index contributed by atoms with van der Waals surface area (Å²) in [6.45, 7) is 13.4. The number of nitrogens with one attached hydrogen (secondary N) is 3. The molecule has 3 rings (SSSR count). The van der Waals surface area contributed by atoms with Crippen molar-refractivity contribution in [2.45, 2.75) is 75.3 Å². The summed E-state index contributed by atoms with van der Waals surface area (Å²) >= 11 is 3.01. The van der Waals surface area contributed by atoms with Crippen LogP contribution in [0.25, 0.3) is 0 Å². The molecule has 36 heavy (non-hydrogen) atoms. The fraction of sp³-hybridized carbons (Fsp3) is 0.444. The highest BCUT2D eigenvalue weighted by atomic mass is 32.2. The zero-order valence-electron chi connectivity index (χ0n) is 21.8. The number of carbonyl (C=O) groups is 1. The largest absolute Gasteiger partial charge is 0.370 e. The molecule has 3 N–H and O–H groups in total. The predicted octanol–water partition coefficient (Wildman–Crippen LogP) is 7.48. The van der Waals surface area contributed by atoms with Crippen LogP contribution in [0, 0.1) is 0 Å². The lowest BCUT2D eigenvalue weighted by Crippen LogP contribution is -2.33. The molecule has 1 amide bonds. The van der Waals surface area contributed by atoms with E-state index >= 15 is 0 Å². The van der Waals surface area contributed by atoms with E-state index < -0.39 is 6.08 Å². The van der Waals surface area contributed by atoms with Gasteiger partial charge in [0.1, 0.15) is 0 Å². The first-order chi connectivity index (χ1) is 16.8. The van der Waals surface area contributed by atoms with Crippen LogP contribution in [-0.4, -0.2) is 30.1 Å². The van der Waals surface area contributed by atoms with Gasteiger partial charge in [-0.3, -0.25) is 14.2 Å². The Kier molecular flexibility index (Phi) is 9.49. The van der Waals surface area contributed by atoms with E-state index in [1.165, 1.54) is 23.9 Å². The van der Waals surface area contributed by atoms with Crippen LogP contribution in [0.4, 0.5) is 20.2 Å². The number of hydrogen-bond donors (Lipinski definition) is 3. The Morgan fingerprint density at radius 1 is 0.861 bits per heavy atom. The van der Waals surface area contributed by atoms with E-state index in [1.54, 1.807) is 0 Å². The van der Waals surface area contributed by atoms with Crippen molar-refractivity contribution in [3.8, 4) is 0 Å². The summed E-state index contributed by atoms with van der Waals surface area (Å²) in [4.78, 5) is 17.4. The van der Waals surface area contributed by atoms with Gasteiger partial charge in [-0.05, 0) is 120 Å². The summed E-state index contributed by atoms with van der Waals surface area (Å²) in [5.41, 5.74) is 2.04. The molecule has 1 fully saturated rings. The van der Waals surface area contributed by atoms with Crippen molar-refractivity contribution in [1.29, 1.82) is 0 Å². The number of benzene rings is 2. The van der Waals surface area contributed by atoms with Crippen molar-refractivity contribution in [3.63, 3.8) is 0 Å². The first-order valence-electron chi connectivity index (χ1n) is 12.0. The standard InChI is InChI=1S/C27H36F2N4OS2/c1-26(2,3)31-35-20-9-7-8-19(16-20)30-25(34)22-11-10-21(36-32-27(4,5)6)17-23(22)33-14-12-18(13-15-33)24(28)29/h7-11,16-17,31-32H,12-15H2,1-6H3,(H,30,34). The van der Waals surface area contributed by atoms with Gasteiger partial charge in [-0.2, -0.15) is 8.78 Å². The Balaban J connectivity index is 1.83. The van der Waals surface area contributed by atoms with Gasteiger partial charge >= 0.3 is 0 Å². The summed E-state index contributed by atoms with van der Waals surface area (Å²) < 4.78 is 33.0. The number of hydrogen-bond acceptors (Lipinski definition) is 6. The Morgan fingerprint density at radius 3 is 2.00 bits per heavy atom. The van der Waals surface area contributed by atoms with Gasteiger partial charge in [0.15, 0.2) is 0 Å². The van der Waals surface area contributed by atoms with Crippen molar-refractivity contribution in [2.24, 2.45) is 0 Å². The third-order valence-corrected chi connectivity index (χ3v) is 7.64. The fourth-order valence-corrected chi connectivity index (χ4v) is 4.98. The lowest BCUT2D eigenvalue weighted by Gasteiger charge is -2.32. The predicted molar refractivity (Wildman–Crippen MR) is 149 cm³/mol. The molecule has 0 unspecified atom stereocenters. The summed E-state index contributed by atoms with van der Waals surface area (Å²) in [7, 11) is 0. The van der Waals surface area contributed by atoms with E-state index in [9.17, 15) is 13.6 Å². The molecule has 196 valence electrons. The Morgan fingerprint density at radius 2 is 1.44 bits per heavy atom. The molecule has 9 heteroatoms. The number of piperidine rings is 1. The third kappa shape index (κ3) is 8.80. The summed E-state index contributed by atoms with van der Waals surface area (Å²) in [5.74, 6) is -0.228. The zero-order valence-corrected chi connectivity index (χ0v) is 23.4.